The number of hydrogen-bond donors (Lipinski definition) is 1. The van der Waals surface area contributed by atoms with Crippen molar-refractivity contribution in [2.24, 2.45) is 0 Å². The first-order valence-electron chi connectivity index (χ1n) is 6.17. The third-order valence-electron chi connectivity index (χ3n) is 2.57. The standard InChI is InChI=1S/C15H16N2O2/c18-11-3-6-14-5-1-2-7-15(14)19-12-4-9-17-10-8-16-13-17/h1-2,5,7-8,10,13,18H,4,9,11-12H2. The van der Waals surface area contributed by atoms with Gasteiger partial charge in [0, 0.05) is 18.9 Å². The third-order valence-corrected chi connectivity index (χ3v) is 2.57. The van der Waals surface area contributed by atoms with Crippen LogP contribution in [-0.2, 0) is 6.54 Å². The fraction of sp³-hybridized carbons (Fsp3) is 0.267. The summed E-state index contributed by atoms with van der Waals surface area (Å²) in [5.74, 6) is 6.27. The predicted octanol–water partition coefficient (Wildman–Crippen LogP) is 1.70. The molecule has 1 heterocycles. The van der Waals surface area contributed by atoms with E-state index in [-0.39, 0.29) is 6.61 Å². The van der Waals surface area contributed by atoms with E-state index in [1.807, 2.05) is 35.0 Å². The summed E-state index contributed by atoms with van der Waals surface area (Å²) in [7, 11) is 0. The lowest BCUT2D eigenvalue weighted by Crippen LogP contribution is -2.03. The largest absolute Gasteiger partial charge is 0.492 e. The van der Waals surface area contributed by atoms with Crippen molar-refractivity contribution < 1.29 is 9.84 Å². The third kappa shape index (κ3) is 4.16. The van der Waals surface area contributed by atoms with Gasteiger partial charge in [0.1, 0.15) is 12.4 Å². The highest BCUT2D eigenvalue weighted by Gasteiger charge is 1.99. The maximum Gasteiger partial charge on any atom is 0.134 e. The Morgan fingerprint density at radius 3 is 3.00 bits per heavy atom. The Hall–Kier alpha value is -2.25. The van der Waals surface area contributed by atoms with Crippen molar-refractivity contribution in [3.8, 4) is 17.6 Å². The molecular weight excluding hydrogens is 240 g/mol. The van der Waals surface area contributed by atoms with Crippen molar-refractivity contribution in [2.45, 2.75) is 13.0 Å². The molecule has 0 aliphatic rings. The second-order valence-electron chi connectivity index (χ2n) is 3.96. The van der Waals surface area contributed by atoms with Gasteiger partial charge in [-0.15, -0.1) is 0 Å². The Morgan fingerprint density at radius 2 is 2.21 bits per heavy atom. The molecule has 1 N–H and O–H groups in total. The Labute approximate surface area is 112 Å². The second kappa shape index (κ2) is 7.24. The minimum absolute atomic E-state index is 0.144. The Bertz CT molecular complexity index is 553. The van der Waals surface area contributed by atoms with E-state index in [9.17, 15) is 0 Å². The van der Waals surface area contributed by atoms with E-state index in [0.29, 0.717) is 6.61 Å². The number of benzene rings is 1. The quantitative estimate of drug-likeness (QED) is 0.654. The van der Waals surface area contributed by atoms with Crippen molar-refractivity contribution in [3.63, 3.8) is 0 Å². The van der Waals surface area contributed by atoms with Gasteiger partial charge < -0.3 is 14.4 Å². The van der Waals surface area contributed by atoms with Crippen LogP contribution in [0.4, 0.5) is 0 Å². The molecule has 4 nitrogen and oxygen atoms in total. The molecule has 98 valence electrons. The maximum absolute atomic E-state index is 8.72. The summed E-state index contributed by atoms with van der Waals surface area (Å²) in [5, 5.41) is 8.72. The van der Waals surface area contributed by atoms with Crippen LogP contribution in [0.15, 0.2) is 43.0 Å². The summed E-state index contributed by atoms with van der Waals surface area (Å²) < 4.78 is 7.73. The Morgan fingerprint density at radius 1 is 1.32 bits per heavy atom. The van der Waals surface area contributed by atoms with E-state index in [2.05, 4.69) is 16.8 Å². The van der Waals surface area contributed by atoms with Crippen LogP contribution >= 0.6 is 0 Å². The van der Waals surface area contributed by atoms with Crippen molar-refractivity contribution in [1.82, 2.24) is 9.55 Å². The van der Waals surface area contributed by atoms with Crippen LogP contribution in [0, 0.1) is 11.8 Å². The lowest BCUT2D eigenvalue weighted by Gasteiger charge is -2.08. The van der Waals surface area contributed by atoms with E-state index in [0.717, 1.165) is 24.3 Å². The first-order valence-corrected chi connectivity index (χ1v) is 6.17. The number of para-hydroxylation sites is 1. The zero-order valence-corrected chi connectivity index (χ0v) is 10.6. The van der Waals surface area contributed by atoms with Gasteiger partial charge in [-0.3, -0.25) is 0 Å². The van der Waals surface area contributed by atoms with E-state index in [1.54, 1.807) is 12.5 Å². The average Bonchev–Trinajstić information content (AvgIpc) is 2.95. The number of rotatable bonds is 5. The van der Waals surface area contributed by atoms with Crippen LogP contribution < -0.4 is 4.74 Å². The highest BCUT2D eigenvalue weighted by Crippen LogP contribution is 2.16. The molecule has 0 amide bonds. The Kier molecular flexibility index (Phi) is 5.03. The lowest BCUT2D eigenvalue weighted by atomic mass is 10.2. The molecule has 1 aromatic carbocycles. The zero-order chi connectivity index (χ0) is 13.3. The van der Waals surface area contributed by atoms with Gasteiger partial charge >= 0.3 is 0 Å². The zero-order valence-electron chi connectivity index (χ0n) is 10.6. The molecule has 0 aliphatic heterocycles. The number of aryl methyl sites for hydroxylation is 1. The monoisotopic (exact) mass is 256 g/mol. The van der Waals surface area contributed by atoms with Crippen LogP contribution in [0.3, 0.4) is 0 Å². The number of aliphatic hydroxyl groups is 1. The molecule has 1 aromatic heterocycles. The molecule has 0 spiro atoms. The molecule has 0 saturated carbocycles. The fourth-order valence-corrected chi connectivity index (χ4v) is 1.68. The number of aromatic nitrogens is 2. The van der Waals surface area contributed by atoms with E-state index < -0.39 is 0 Å². The van der Waals surface area contributed by atoms with Crippen LogP contribution in [0.2, 0.25) is 0 Å². The molecule has 0 saturated heterocycles. The molecule has 0 fully saturated rings. The van der Waals surface area contributed by atoms with Crippen LogP contribution in [0.1, 0.15) is 12.0 Å². The first kappa shape index (κ1) is 13.2. The first-order chi connectivity index (χ1) is 9.40. The van der Waals surface area contributed by atoms with Gasteiger partial charge in [0.25, 0.3) is 0 Å². The number of imidazole rings is 1. The van der Waals surface area contributed by atoms with Crippen molar-refractivity contribution in [3.05, 3.63) is 48.5 Å². The predicted molar refractivity (Wildman–Crippen MR) is 72.7 cm³/mol. The highest BCUT2D eigenvalue weighted by atomic mass is 16.5. The SMILES string of the molecule is OCC#Cc1ccccc1OCCCn1ccnc1. The smallest absolute Gasteiger partial charge is 0.134 e. The van der Waals surface area contributed by atoms with Crippen molar-refractivity contribution >= 4 is 0 Å². The highest BCUT2D eigenvalue weighted by molar-refractivity contribution is 5.45. The molecule has 0 radical (unpaired) electrons. The summed E-state index contributed by atoms with van der Waals surface area (Å²) >= 11 is 0. The Balaban J connectivity index is 1.85. The fourth-order valence-electron chi connectivity index (χ4n) is 1.68. The molecule has 0 atom stereocenters. The molecule has 0 bridgehead atoms. The van der Waals surface area contributed by atoms with Crippen LogP contribution in [0.5, 0.6) is 5.75 Å². The van der Waals surface area contributed by atoms with Gasteiger partial charge in [-0.2, -0.15) is 0 Å². The molecule has 4 heteroatoms. The average molecular weight is 256 g/mol. The van der Waals surface area contributed by atoms with E-state index in [1.165, 1.54) is 0 Å². The molecule has 2 aromatic rings. The lowest BCUT2D eigenvalue weighted by molar-refractivity contribution is 0.301. The molecule has 0 unspecified atom stereocenters. The summed E-state index contributed by atoms with van der Waals surface area (Å²) in [6, 6.07) is 7.58. The minimum Gasteiger partial charge on any atom is -0.492 e. The van der Waals surface area contributed by atoms with Crippen molar-refractivity contribution in [1.29, 1.82) is 0 Å². The number of ether oxygens (including phenoxy) is 1. The second-order valence-corrected chi connectivity index (χ2v) is 3.96. The molecular formula is C15H16N2O2. The topological polar surface area (TPSA) is 47.3 Å². The minimum atomic E-state index is -0.144. The van der Waals surface area contributed by atoms with E-state index in [4.69, 9.17) is 9.84 Å². The van der Waals surface area contributed by atoms with Gasteiger partial charge in [-0.05, 0) is 18.6 Å². The summed E-state index contributed by atoms with van der Waals surface area (Å²) in [5.41, 5.74) is 0.805. The van der Waals surface area contributed by atoms with Crippen molar-refractivity contribution in [2.75, 3.05) is 13.2 Å². The van der Waals surface area contributed by atoms with E-state index >= 15 is 0 Å². The maximum atomic E-state index is 8.72. The molecule has 19 heavy (non-hydrogen) atoms. The summed E-state index contributed by atoms with van der Waals surface area (Å²) in [4.78, 5) is 3.99. The van der Waals surface area contributed by atoms with Gasteiger partial charge in [0.2, 0.25) is 0 Å². The van der Waals surface area contributed by atoms with Crippen LogP contribution in [-0.4, -0.2) is 27.9 Å². The van der Waals surface area contributed by atoms with Gasteiger partial charge in [0.05, 0.1) is 18.5 Å². The molecule has 2 rings (SSSR count). The van der Waals surface area contributed by atoms with Gasteiger partial charge in [-0.25, -0.2) is 4.98 Å². The number of aliphatic hydroxyl groups excluding tert-OH is 1. The number of nitrogens with zero attached hydrogens (tertiary/aromatic N) is 2. The molecule has 0 aliphatic carbocycles. The summed E-state index contributed by atoms with van der Waals surface area (Å²) in [6.45, 7) is 1.36. The normalized spacial score (nSPS) is 9.74. The van der Waals surface area contributed by atoms with Gasteiger partial charge in [0.15, 0.2) is 0 Å². The summed E-state index contributed by atoms with van der Waals surface area (Å²) in [6.07, 6.45) is 6.39. The number of hydrogen-bond acceptors (Lipinski definition) is 3. The van der Waals surface area contributed by atoms with Gasteiger partial charge in [-0.1, -0.05) is 24.0 Å². The van der Waals surface area contributed by atoms with Crippen LogP contribution in [0.25, 0.3) is 0 Å².